The minimum atomic E-state index is -0.468. The van der Waals surface area contributed by atoms with Crippen LogP contribution in [0.1, 0.15) is 28.4 Å². The van der Waals surface area contributed by atoms with Crippen molar-refractivity contribution in [3.8, 4) is 11.5 Å². The summed E-state index contributed by atoms with van der Waals surface area (Å²) in [4.78, 5) is 16.1. The molecule has 3 aromatic rings. The Morgan fingerprint density at radius 2 is 1.97 bits per heavy atom. The molecule has 0 spiro atoms. The highest BCUT2D eigenvalue weighted by atomic mass is 79.9. The molecule has 0 saturated carbocycles. The van der Waals surface area contributed by atoms with Crippen LogP contribution in [0.25, 0.3) is 0 Å². The fourth-order valence-corrected chi connectivity index (χ4v) is 3.73. The molecule has 0 bridgehead atoms. The van der Waals surface area contributed by atoms with E-state index in [1.165, 1.54) is 12.4 Å². The van der Waals surface area contributed by atoms with Crippen molar-refractivity contribution in [2.45, 2.75) is 13.5 Å². The van der Waals surface area contributed by atoms with Gasteiger partial charge in [-0.25, -0.2) is 10.4 Å². The second kappa shape index (κ2) is 11.5. The summed E-state index contributed by atoms with van der Waals surface area (Å²) in [6.07, 6.45) is 2.98. The molecule has 1 N–H and O–H groups in total. The van der Waals surface area contributed by atoms with Gasteiger partial charge in [-0.1, -0.05) is 40.9 Å². The minimum absolute atomic E-state index is 0.102. The molecule has 1 amide bonds. The Morgan fingerprint density at radius 3 is 2.69 bits per heavy atom. The van der Waals surface area contributed by atoms with Crippen molar-refractivity contribution in [1.29, 1.82) is 0 Å². The van der Waals surface area contributed by atoms with Gasteiger partial charge in [-0.15, -0.1) is 0 Å². The second-order valence-electron chi connectivity index (χ2n) is 6.34. The van der Waals surface area contributed by atoms with Gasteiger partial charge in [0, 0.05) is 6.20 Å². The van der Waals surface area contributed by atoms with E-state index in [0.29, 0.717) is 38.2 Å². The molecule has 0 radical (unpaired) electrons. The number of hydrogen-bond acceptors (Lipinski definition) is 5. The van der Waals surface area contributed by atoms with Gasteiger partial charge in [0.2, 0.25) is 0 Å². The fourth-order valence-electron chi connectivity index (χ4n) is 2.63. The SMILES string of the molecule is CCOc1cc(C=NNC(=O)c2cccnc2Cl)cc(Br)c1OCc1ccc(Cl)c(Cl)c1. The molecule has 2 aromatic carbocycles. The zero-order chi connectivity index (χ0) is 23.1. The fraction of sp³-hybridized carbons (Fsp3) is 0.136. The number of ether oxygens (including phenoxy) is 2. The van der Waals surface area contributed by atoms with Crippen LogP contribution in [-0.2, 0) is 6.61 Å². The number of nitrogens with one attached hydrogen (secondary N) is 1. The number of benzene rings is 2. The summed E-state index contributed by atoms with van der Waals surface area (Å²) in [6.45, 7) is 2.58. The molecule has 0 aliphatic carbocycles. The molecule has 0 aliphatic rings. The van der Waals surface area contributed by atoms with Gasteiger partial charge >= 0.3 is 0 Å². The number of carbonyl (C=O) groups excluding carboxylic acids is 1. The maximum Gasteiger partial charge on any atom is 0.274 e. The van der Waals surface area contributed by atoms with Crippen LogP contribution in [0.2, 0.25) is 15.2 Å². The second-order valence-corrected chi connectivity index (χ2v) is 8.37. The highest BCUT2D eigenvalue weighted by Gasteiger charge is 2.13. The molecule has 0 aliphatic heterocycles. The Kier molecular flexibility index (Phi) is 8.75. The standard InChI is InChI=1S/C22H17BrCl3N3O3/c1-2-31-19-10-14(11-28-29-22(30)15-4-3-7-27-21(15)26)8-16(23)20(19)32-12-13-5-6-17(24)18(25)9-13/h3-11H,2,12H2,1H3,(H,29,30). The molecule has 32 heavy (non-hydrogen) atoms. The summed E-state index contributed by atoms with van der Waals surface area (Å²) in [5.74, 6) is 0.580. The van der Waals surface area contributed by atoms with E-state index in [4.69, 9.17) is 44.3 Å². The number of pyridine rings is 1. The Bertz CT molecular complexity index is 1160. The van der Waals surface area contributed by atoms with Gasteiger partial charge in [0.25, 0.3) is 5.91 Å². The van der Waals surface area contributed by atoms with Crippen molar-refractivity contribution in [2.24, 2.45) is 5.10 Å². The van der Waals surface area contributed by atoms with E-state index >= 15 is 0 Å². The first kappa shape index (κ1) is 24.3. The van der Waals surface area contributed by atoms with Crippen LogP contribution in [0.3, 0.4) is 0 Å². The van der Waals surface area contributed by atoms with Crippen LogP contribution in [0.15, 0.2) is 58.2 Å². The molecule has 6 nitrogen and oxygen atoms in total. The first-order chi connectivity index (χ1) is 15.4. The predicted octanol–water partition coefficient (Wildman–Crippen LogP) is 6.55. The van der Waals surface area contributed by atoms with Gasteiger partial charge in [-0.2, -0.15) is 5.10 Å². The van der Waals surface area contributed by atoms with Gasteiger partial charge in [0.05, 0.1) is 32.9 Å². The maximum absolute atomic E-state index is 12.2. The molecule has 10 heteroatoms. The highest BCUT2D eigenvalue weighted by Crippen LogP contribution is 2.37. The Labute approximate surface area is 208 Å². The lowest BCUT2D eigenvalue weighted by Gasteiger charge is -2.15. The van der Waals surface area contributed by atoms with E-state index in [1.54, 1.807) is 36.4 Å². The third-order valence-corrected chi connectivity index (χ3v) is 5.71. The number of rotatable bonds is 8. The average molecular weight is 558 g/mol. The summed E-state index contributed by atoms with van der Waals surface area (Å²) in [6, 6.07) is 12.0. The molecule has 1 heterocycles. The molecule has 166 valence electrons. The van der Waals surface area contributed by atoms with E-state index < -0.39 is 5.91 Å². The van der Waals surface area contributed by atoms with Crippen molar-refractivity contribution in [3.05, 3.63) is 85.0 Å². The van der Waals surface area contributed by atoms with Crippen LogP contribution in [0.4, 0.5) is 0 Å². The van der Waals surface area contributed by atoms with E-state index in [-0.39, 0.29) is 17.3 Å². The molecule has 0 saturated heterocycles. The van der Waals surface area contributed by atoms with Gasteiger partial charge in [-0.05, 0) is 70.4 Å². The lowest BCUT2D eigenvalue weighted by Crippen LogP contribution is -2.18. The third-order valence-electron chi connectivity index (χ3n) is 4.08. The maximum atomic E-state index is 12.2. The van der Waals surface area contributed by atoms with E-state index in [9.17, 15) is 4.79 Å². The van der Waals surface area contributed by atoms with E-state index in [0.717, 1.165) is 5.56 Å². The summed E-state index contributed by atoms with van der Waals surface area (Å²) in [7, 11) is 0. The molecule has 1 aromatic heterocycles. The molecular weight excluding hydrogens is 541 g/mol. The molecular formula is C22H17BrCl3N3O3. The molecule has 0 fully saturated rings. The quantitative estimate of drug-likeness (QED) is 0.194. The normalized spacial score (nSPS) is 10.9. The van der Waals surface area contributed by atoms with Gasteiger partial charge in [-0.3, -0.25) is 4.79 Å². The minimum Gasteiger partial charge on any atom is -0.490 e. The number of amides is 1. The number of hydrogen-bond donors (Lipinski definition) is 1. The van der Waals surface area contributed by atoms with Crippen LogP contribution in [-0.4, -0.2) is 23.7 Å². The predicted molar refractivity (Wildman–Crippen MR) is 130 cm³/mol. The third kappa shape index (κ3) is 6.36. The van der Waals surface area contributed by atoms with Crippen molar-refractivity contribution in [2.75, 3.05) is 6.61 Å². The van der Waals surface area contributed by atoms with Crippen LogP contribution < -0.4 is 14.9 Å². The number of halogens is 4. The van der Waals surface area contributed by atoms with Gasteiger partial charge < -0.3 is 9.47 Å². The Hall–Kier alpha value is -2.32. The largest absolute Gasteiger partial charge is 0.490 e. The van der Waals surface area contributed by atoms with Crippen molar-refractivity contribution >= 4 is 62.9 Å². The smallest absolute Gasteiger partial charge is 0.274 e. The molecule has 0 atom stereocenters. The van der Waals surface area contributed by atoms with Gasteiger partial charge in [0.1, 0.15) is 11.8 Å². The lowest BCUT2D eigenvalue weighted by molar-refractivity contribution is 0.0955. The first-order valence-electron chi connectivity index (χ1n) is 9.36. The van der Waals surface area contributed by atoms with Crippen LogP contribution in [0, 0.1) is 0 Å². The van der Waals surface area contributed by atoms with Crippen LogP contribution in [0.5, 0.6) is 11.5 Å². The van der Waals surface area contributed by atoms with E-state index in [1.807, 2.05) is 13.0 Å². The summed E-state index contributed by atoms with van der Waals surface area (Å²) < 4.78 is 12.3. The monoisotopic (exact) mass is 555 g/mol. The number of carbonyl (C=O) groups is 1. The zero-order valence-electron chi connectivity index (χ0n) is 16.7. The number of nitrogens with zero attached hydrogens (tertiary/aromatic N) is 2. The Morgan fingerprint density at radius 1 is 1.16 bits per heavy atom. The summed E-state index contributed by atoms with van der Waals surface area (Å²) in [5.41, 5.74) is 4.19. The average Bonchev–Trinajstić information content (AvgIpc) is 2.76. The lowest BCUT2D eigenvalue weighted by atomic mass is 10.2. The zero-order valence-corrected chi connectivity index (χ0v) is 20.6. The van der Waals surface area contributed by atoms with E-state index in [2.05, 4.69) is 31.4 Å². The number of hydrazone groups is 1. The van der Waals surface area contributed by atoms with Crippen LogP contribution >= 0.6 is 50.7 Å². The molecule has 3 rings (SSSR count). The topological polar surface area (TPSA) is 72.8 Å². The van der Waals surface area contributed by atoms with Crippen molar-refractivity contribution in [1.82, 2.24) is 10.4 Å². The first-order valence-corrected chi connectivity index (χ1v) is 11.3. The van der Waals surface area contributed by atoms with Gasteiger partial charge in [0.15, 0.2) is 11.5 Å². The summed E-state index contributed by atoms with van der Waals surface area (Å²) in [5, 5.41) is 5.03. The molecule has 0 unspecified atom stereocenters. The van der Waals surface area contributed by atoms with Crippen molar-refractivity contribution in [3.63, 3.8) is 0 Å². The summed E-state index contributed by atoms with van der Waals surface area (Å²) >= 11 is 21.5. The van der Waals surface area contributed by atoms with Crippen molar-refractivity contribution < 1.29 is 14.3 Å². The Balaban J connectivity index is 1.74. The number of aromatic nitrogens is 1. The highest BCUT2D eigenvalue weighted by molar-refractivity contribution is 9.10.